The van der Waals surface area contributed by atoms with Crippen molar-refractivity contribution in [1.82, 2.24) is 14.8 Å². The zero-order chi connectivity index (χ0) is 15.5. The Morgan fingerprint density at radius 3 is 2.59 bits per heavy atom. The van der Waals surface area contributed by atoms with Crippen LogP contribution in [0.25, 0.3) is 17.2 Å². The van der Waals surface area contributed by atoms with E-state index in [1.54, 1.807) is 35.3 Å². The van der Waals surface area contributed by atoms with E-state index in [0.29, 0.717) is 16.8 Å². The summed E-state index contributed by atoms with van der Waals surface area (Å²) in [6.07, 6.45) is 6.97. The predicted molar refractivity (Wildman–Crippen MR) is 86.4 cm³/mol. The Morgan fingerprint density at radius 1 is 1.18 bits per heavy atom. The summed E-state index contributed by atoms with van der Waals surface area (Å²) >= 11 is 0. The molecular formula is C18H15N3O. The van der Waals surface area contributed by atoms with Crippen molar-refractivity contribution < 1.29 is 4.79 Å². The standard InChI is InChI=1S/C18H15N3O/c1-3-17-16(18(22)13-7-5-4-6-8-13)9-14(10-19-17)15-11-20-21(2)12-15/h3-12H,1H2,2H3. The lowest BCUT2D eigenvalue weighted by atomic mass is 9.99. The summed E-state index contributed by atoms with van der Waals surface area (Å²) < 4.78 is 1.72. The largest absolute Gasteiger partial charge is 0.289 e. The van der Waals surface area contributed by atoms with E-state index >= 15 is 0 Å². The van der Waals surface area contributed by atoms with Crippen LogP contribution in [0, 0.1) is 0 Å². The summed E-state index contributed by atoms with van der Waals surface area (Å²) in [5.74, 6) is -0.0614. The van der Waals surface area contributed by atoms with Gasteiger partial charge < -0.3 is 0 Å². The van der Waals surface area contributed by atoms with Crippen LogP contribution in [0.1, 0.15) is 21.6 Å². The minimum absolute atomic E-state index is 0.0614. The van der Waals surface area contributed by atoms with E-state index in [2.05, 4.69) is 16.7 Å². The summed E-state index contributed by atoms with van der Waals surface area (Å²) in [5.41, 5.74) is 3.55. The lowest BCUT2D eigenvalue weighted by molar-refractivity contribution is 0.103. The van der Waals surface area contributed by atoms with Crippen molar-refractivity contribution >= 4 is 11.9 Å². The quantitative estimate of drug-likeness (QED) is 0.692. The summed E-state index contributed by atoms with van der Waals surface area (Å²) in [4.78, 5) is 17.1. The van der Waals surface area contributed by atoms with Crippen LogP contribution in [0.5, 0.6) is 0 Å². The second-order valence-corrected chi connectivity index (χ2v) is 4.96. The van der Waals surface area contributed by atoms with E-state index in [-0.39, 0.29) is 5.78 Å². The van der Waals surface area contributed by atoms with Gasteiger partial charge in [-0.15, -0.1) is 0 Å². The predicted octanol–water partition coefficient (Wildman–Crippen LogP) is 3.36. The van der Waals surface area contributed by atoms with Gasteiger partial charge in [-0.25, -0.2) is 0 Å². The molecule has 108 valence electrons. The monoisotopic (exact) mass is 289 g/mol. The zero-order valence-corrected chi connectivity index (χ0v) is 12.2. The normalized spacial score (nSPS) is 10.4. The molecule has 0 radical (unpaired) electrons. The van der Waals surface area contributed by atoms with Gasteiger partial charge in [0.25, 0.3) is 0 Å². The summed E-state index contributed by atoms with van der Waals surface area (Å²) in [7, 11) is 1.85. The Hall–Kier alpha value is -3.01. The van der Waals surface area contributed by atoms with Gasteiger partial charge in [-0.05, 0) is 12.1 Å². The van der Waals surface area contributed by atoms with E-state index in [1.807, 2.05) is 37.5 Å². The minimum atomic E-state index is -0.0614. The number of hydrogen-bond acceptors (Lipinski definition) is 3. The molecule has 2 heterocycles. The molecule has 3 aromatic rings. The Labute approximate surface area is 128 Å². The van der Waals surface area contributed by atoms with Gasteiger partial charge in [-0.1, -0.05) is 36.9 Å². The van der Waals surface area contributed by atoms with E-state index in [4.69, 9.17) is 0 Å². The molecule has 0 aliphatic rings. The molecule has 0 saturated heterocycles. The van der Waals surface area contributed by atoms with Gasteiger partial charge in [-0.2, -0.15) is 5.10 Å². The molecule has 1 aromatic carbocycles. The van der Waals surface area contributed by atoms with E-state index in [0.717, 1.165) is 11.1 Å². The lowest BCUT2D eigenvalue weighted by Gasteiger charge is -2.07. The third-order valence-electron chi connectivity index (χ3n) is 3.43. The van der Waals surface area contributed by atoms with Crippen LogP contribution >= 0.6 is 0 Å². The highest BCUT2D eigenvalue weighted by Crippen LogP contribution is 2.22. The maximum Gasteiger partial charge on any atom is 0.195 e. The van der Waals surface area contributed by atoms with Gasteiger partial charge >= 0.3 is 0 Å². The fourth-order valence-electron chi connectivity index (χ4n) is 2.29. The third-order valence-corrected chi connectivity index (χ3v) is 3.43. The molecule has 0 saturated carbocycles. The molecule has 0 spiro atoms. The molecule has 4 nitrogen and oxygen atoms in total. The van der Waals surface area contributed by atoms with Crippen LogP contribution in [-0.4, -0.2) is 20.5 Å². The molecule has 0 N–H and O–H groups in total. The molecule has 0 fully saturated rings. The molecule has 22 heavy (non-hydrogen) atoms. The van der Waals surface area contributed by atoms with Crippen molar-refractivity contribution in [1.29, 1.82) is 0 Å². The van der Waals surface area contributed by atoms with Crippen molar-refractivity contribution in [3.05, 3.63) is 78.4 Å². The molecule has 0 bridgehead atoms. The number of carbonyl (C=O) groups excluding carboxylic acids is 1. The van der Waals surface area contributed by atoms with E-state index in [9.17, 15) is 4.79 Å². The number of pyridine rings is 1. The third kappa shape index (κ3) is 2.59. The first-order valence-corrected chi connectivity index (χ1v) is 6.90. The van der Waals surface area contributed by atoms with Crippen LogP contribution in [-0.2, 0) is 7.05 Å². The number of benzene rings is 1. The van der Waals surface area contributed by atoms with Gasteiger partial charge in [0.05, 0.1) is 11.9 Å². The summed E-state index contributed by atoms with van der Waals surface area (Å²) in [6, 6.07) is 11.0. The highest BCUT2D eigenvalue weighted by molar-refractivity contribution is 6.11. The molecular weight excluding hydrogens is 274 g/mol. The molecule has 0 amide bonds. The van der Waals surface area contributed by atoms with Crippen LogP contribution in [0.2, 0.25) is 0 Å². The van der Waals surface area contributed by atoms with E-state index < -0.39 is 0 Å². The van der Waals surface area contributed by atoms with Crippen molar-refractivity contribution in [2.75, 3.05) is 0 Å². The van der Waals surface area contributed by atoms with Crippen LogP contribution in [0.3, 0.4) is 0 Å². The van der Waals surface area contributed by atoms with Crippen molar-refractivity contribution in [2.24, 2.45) is 7.05 Å². The van der Waals surface area contributed by atoms with Crippen molar-refractivity contribution in [3.63, 3.8) is 0 Å². The Morgan fingerprint density at radius 2 is 1.95 bits per heavy atom. The Bertz CT molecular complexity index is 835. The van der Waals surface area contributed by atoms with Gasteiger partial charge in [-0.3, -0.25) is 14.5 Å². The Balaban J connectivity index is 2.09. The fraction of sp³-hybridized carbons (Fsp3) is 0.0556. The van der Waals surface area contributed by atoms with Gasteiger partial charge in [0, 0.05) is 41.7 Å². The molecule has 0 aliphatic carbocycles. The number of hydrogen-bond donors (Lipinski definition) is 0. The average molecular weight is 289 g/mol. The number of aryl methyl sites for hydroxylation is 1. The lowest BCUT2D eigenvalue weighted by Crippen LogP contribution is -2.05. The van der Waals surface area contributed by atoms with Crippen molar-refractivity contribution in [3.8, 4) is 11.1 Å². The second-order valence-electron chi connectivity index (χ2n) is 4.96. The molecule has 0 aliphatic heterocycles. The maximum absolute atomic E-state index is 12.7. The number of rotatable bonds is 4. The number of aromatic nitrogens is 3. The summed E-state index contributed by atoms with van der Waals surface area (Å²) in [6.45, 7) is 3.74. The second kappa shape index (κ2) is 5.77. The molecule has 0 unspecified atom stereocenters. The van der Waals surface area contributed by atoms with Gasteiger partial charge in [0.2, 0.25) is 0 Å². The molecule has 2 aromatic heterocycles. The van der Waals surface area contributed by atoms with E-state index in [1.165, 1.54) is 0 Å². The minimum Gasteiger partial charge on any atom is -0.289 e. The maximum atomic E-state index is 12.7. The van der Waals surface area contributed by atoms with Crippen LogP contribution < -0.4 is 0 Å². The van der Waals surface area contributed by atoms with Gasteiger partial charge in [0.1, 0.15) is 0 Å². The van der Waals surface area contributed by atoms with Gasteiger partial charge in [0.15, 0.2) is 5.78 Å². The zero-order valence-electron chi connectivity index (χ0n) is 12.2. The fourth-order valence-corrected chi connectivity index (χ4v) is 2.29. The molecule has 0 atom stereocenters. The Kier molecular flexibility index (Phi) is 3.66. The smallest absolute Gasteiger partial charge is 0.195 e. The topological polar surface area (TPSA) is 47.8 Å². The molecule has 4 heteroatoms. The van der Waals surface area contributed by atoms with Crippen molar-refractivity contribution in [2.45, 2.75) is 0 Å². The highest BCUT2D eigenvalue weighted by Gasteiger charge is 2.15. The first-order valence-electron chi connectivity index (χ1n) is 6.90. The van der Waals surface area contributed by atoms with Crippen LogP contribution in [0.15, 0.2) is 61.6 Å². The first kappa shape index (κ1) is 13.9. The number of carbonyl (C=O) groups is 1. The number of ketones is 1. The number of nitrogens with zero attached hydrogens (tertiary/aromatic N) is 3. The average Bonchev–Trinajstić information content (AvgIpc) is 3.01. The SMILES string of the molecule is C=Cc1ncc(-c2cnn(C)c2)cc1C(=O)c1ccccc1. The first-order chi connectivity index (χ1) is 10.7. The molecule has 3 rings (SSSR count). The highest BCUT2D eigenvalue weighted by atomic mass is 16.1. The van der Waals surface area contributed by atoms with Crippen LogP contribution in [0.4, 0.5) is 0 Å². The summed E-state index contributed by atoms with van der Waals surface area (Å²) in [5, 5.41) is 4.15.